The second-order valence-corrected chi connectivity index (χ2v) is 4.83. The van der Waals surface area contributed by atoms with E-state index in [-0.39, 0.29) is 6.54 Å². The highest BCUT2D eigenvalue weighted by atomic mass is 19.4. The number of nitrogens with zero attached hydrogens (tertiary/aromatic N) is 1. The fourth-order valence-corrected chi connectivity index (χ4v) is 1.89. The summed E-state index contributed by atoms with van der Waals surface area (Å²) >= 11 is 0. The summed E-state index contributed by atoms with van der Waals surface area (Å²) in [5.41, 5.74) is 1.83. The predicted molar refractivity (Wildman–Crippen MR) is 68.9 cm³/mol. The minimum atomic E-state index is -4.12. The van der Waals surface area contributed by atoms with Gasteiger partial charge in [-0.25, -0.2) is 0 Å². The molecule has 0 spiro atoms. The van der Waals surface area contributed by atoms with Crippen LogP contribution in [-0.4, -0.2) is 36.3 Å². The molecule has 1 aromatic carbocycles. The lowest BCUT2D eigenvalue weighted by molar-refractivity contribution is -0.137. The van der Waals surface area contributed by atoms with Crippen molar-refractivity contribution in [2.75, 3.05) is 20.1 Å². The summed E-state index contributed by atoms with van der Waals surface area (Å²) in [5.74, 6) is 0. The molecule has 0 heterocycles. The van der Waals surface area contributed by atoms with Crippen molar-refractivity contribution in [3.05, 3.63) is 35.4 Å². The molecule has 5 heteroatoms. The molecule has 0 aromatic heterocycles. The molecule has 108 valence electrons. The number of halogens is 3. The molecule has 1 aromatic rings. The van der Waals surface area contributed by atoms with E-state index in [1.54, 1.807) is 11.9 Å². The van der Waals surface area contributed by atoms with Crippen LogP contribution in [-0.2, 0) is 0 Å². The summed E-state index contributed by atoms with van der Waals surface area (Å²) in [7, 11) is 1.64. The molecule has 0 saturated heterocycles. The molecule has 0 bridgehead atoms. The quantitative estimate of drug-likeness (QED) is 0.861. The Kier molecular flexibility index (Phi) is 5.82. The Morgan fingerprint density at radius 3 is 2.42 bits per heavy atom. The van der Waals surface area contributed by atoms with Crippen LogP contribution in [0.4, 0.5) is 13.2 Å². The topological polar surface area (TPSA) is 23.5 Å². The number of hydrogen-bond donors (Lipinski definition) is 1. The number of aliphatic hydroxyl groups is 1. The van der Waals surface area contributed by atoms with Crippen LogP contribution in [0, 0.1) is 6.92 Å². The van der Waals surface area contributed by atoms with Gasteiger partial charge in [-0.05, 0) is 31.5 Å². The molecule has 1 N–H and O–H groups in total. The summed E-state index contributed by atoms with van der Waals surface area (Å²) in [6, 6.07) is 7.49. The van der Waals surface area contributed by atoms with Crippen molar-refractivity contribution in [2.24, 2.45) is 0 Å². The van der Waals surface area contributed by atoms with Crippen molar-refractivity contribution in [1.82, 2.24) is 4.90 Å². The van der Waals surface area contributed by atoms with Crippen LogP contribution >= 0.6 is 0 Å². The van der Waals surface area contributed by atoms with Gasteiger partial charge in [-0.2, -0.15) is 13.2 Å². The third-order valence-corrected chi connectivity index (χ3v) is 3.11. The summed E-state index contributed by atoms with van der Waals surface area (Å²) in [6.45, 7) is 2.31. The molecule has 0 fully saturated rings. The third kappa shape index (κ3) is 6.07. The molecular formula is C14H20F3NO. The van der Waals surface area contributed by atoms with E-state index in [1.165, 1.54) is 0 Å². The number of alkyl halides is 3. The van der Waals surface area contributed by atoms with Crippen LogP contribution in [0.3, 0.4) is 0 Å². The van der Waals surface area contributed by atoms with Gasteiger partial charge in [-0.15, -0.1) is 0 Å². The van der Waals surface area contributed by atoms with Gasteiger partial charge in [0.1, 0.15) is 0 Å². The number of benzene rings is 1. The number of aliphatic hydroxyl groups excluding tert-OH is 1. The van der Waals surface area contributed by atoms with Gasteiger partial charge in [-0.3, -0.25) is 0 Å². The van der Waals surface area contributed by atoms with Crippen molar-refractivity contribution in [2.45, 2.75) is 32.0 Å². The van der Waals surface area contributed by atoms with Crippen molar-refractivity contribution < 1.29 is 18.3 Å². The van der Waals surface area contributed by atoms with Crippen LogP contribution in [0.5, 0.6) is 0 Å². The van der Waals surface area contributed by atoms with Gasteiger partial charge in [-0.1, -0.05) is 24.3 Å². The molecule has 1 unspecified atom stereocenters. The van der Waals surface area contributed by atoms with Crippen LogP contribution in [0.25, 0.3) is 0 Å². The highest BCUT2D eigenvalue weighted by Crippen LogP contribution is 2.22. The smallest absolute Gasteiger partial charge is 0.388 e. The lowest BCUT2D eigenvalue weighted by Crippen LogP contribution is -2.26. The van der Waals surface area contributed by atoms with E-state index in [9.17, 15) is 18.3 Å². The van der Waals surface area contributed by atoms with E-state index in [0.29, 0.717) is 13.0 Å². The number of hydrogen-bond acceptors (Lipinski definition) is 2. The van der Waals surface area contributed by atoms with Crippen LogP contribution in [0.1, 0.15) is 30.1 Å². The molecule has 0 saturated carbocycles. The Labute approximate surface area is 111 Å². The average molecular weight is 275 g/mol. The SMILES string of the molecule is Cc1ccccc1C(O)CCN(C)CCC(F)(F)F. The van der Waals surface area contributed by atoms with Crippen molar-refractivity contribution in [1.29, 1.82) is 0 Å². The zero-order chi connectivity index (χ0) is 14.5. The predicted octanol–water partition coefficient (Wildman–Crippen LogP) is 3.30. The summed E-state index contributed by atoms with van der Waals surface area (Å²) < 4.78 is 36.2. The van der Waals surface area contributed by atoms with Gasteiger partial charge in [0, 0.05) is 13.1 Å². The van der Waals surface area contributed by atoms with E-state index in [2.05, 4.69) is 0 Å². The van der Waals surface area contributed by atoms with Gasteiger partial charge >= 0.3 is 6.18 Å². The Bertz CT molecular complexity index is 393. The lowest BCUT2D eigenvalue weighted by atomic mass is 10.0. The first-order valence-corrected chi connectivity index (χ1v) is 6.28. The van der Waals surface area contributed by atoms with Gasteiger partial charge in [0.25, 0.3) is 0 Å². The molecule has 0 aliphatic carbocycles. The Morgan fingerprint density at radius 2 is 1.84 bits per heavy atom. The monoisotopic (exact) mass is 275 g/mol. The molecule has 0 aliphatic rings. The van der Waals surface area contributed by atoms with Gasteiger partial charge < -0.3 is 10.0 Å². The van der Waals surface area contributed by atoms with Gasteiger partial charge in [0.2, 0.25) is 0 Å². The molecule has 19 heavy (non-hydrogen) atoms. The molecule has 2 nitrogen and oxygen atoms in total. The minimum absolute atomic E-state index is 0.0377. The van der Waals surface area contributed by atoms with E-state index in [0.717, 1.165) is 11.1 Å². The van der Waals surface area contributed by atoms with Gasteiger partial charge in [0.15, 0.2) is 0 Å². The van der Waals surface area contributed by atoms with Crippen LogP contribution in [0.15, 0.2) is 24.3 Å². The van der Waals surface area contributed by atoms with Gasteiger partial charge in [0.05, 0.1) is 12.5 Å². The zero-order valence-corrected chi connectivity index (χ0v) is 11.2. The summed E-state index contributed by atoms with van der Waals surface area (Å²) in [4.78, 5) is 1.59. The first-order valence-electron chi connectivity index (χ1n) is 6.28. The Hall–Kier alpha value is -1.07. The van der Waals surface area contributed by atoms with Crippen molar-refractivity contribution in [3.8, 4) is 0 Å². The molecule has 0 radical (unpaired) electrons. The van der Waals surface area contributed by atoms with Crippen molar-refractivity contribution in [3.63, 3.8) is 0 Å². The molecule has 1 rings (SSSR count). The van der Waals surface area contributed by atoms with E-state index in [4.69, 9.17) is 0 Å². The van der Waals surface area contributed by atoms with Crippen LogP contribution in [0.2, 0.25) is 0 Å². The van der Waals surface area contributed by atoms with Crippen LogP contribution < -0.4 is 0 Å². The largest absolute Gasteiger partial charge is 0.390 e. The first-order chi connectivity index (χ1) is 8.79. The Balaban J connectivity index is 2.38. The fourth-order valence-electron chi connectivity index (χ4n) is 1.89. The molecule has 1 atom stereocenters. The maximum Gasteiger partial charge on any atom is 0.390 e. The number of rotatable bonds is 6. The van der Waals surface area contributed by atoms with E-state index >= 15 is 0 Å². The third-order valence-electron chi connectivity index (χ3n) is 3.11. The number of aryl methyl sites for hydroxylation is 1. The van der Waals surface area contributed by atoms with E-state index in [1.807, 2.05) is 31.2 Å². The minimum Gasteiger partial charge on any atom is -0.388 e. The normalized spacial score (nSPS) is 13.8. The molecular weight excluding hydrogens is 255 g/mol. The van der Waals surface area contributed by atoms with Crippen molar-refractivity contribution >= 4 is 0 Å². The lowest BCUT2D eigenvalue weighted by Gasteiger charge is -2.20. The fraction of sp³-hybridized carbons (Fsp3) is 0.571. The maximum absolute atomic E-state index is 12.1. The highest BCUT2D eigenvalue weighted by molar-refractivity contribution is 5.27. The highest BCUT2D eigenvalue weighted by Gasteiger charge is 2.27. The molecule has 0 amide bonds. The average Bonchev–Trinajstić information content (AvgIpc) is 2.33. The maximum atomic E-state index is 12.1. The van der Waals surface area contributed by atoms with E-state index < -0.39 is 18.7 Å². The Morgan fingerprint density at radius 1 is 1.21 bits per heavy atom. The second-order valence-electron chi connectivity index (χ2n) is 4.83. The standard InChI is InChI=1S/C14H20F3NO/c1-11-5-3-4-6-12(11)13(19)7-9-18(2)10-8-14(15,16)17/h3-6,13,19H,7-10H2,1-2H3. The summed E-state index contributed by atoms with van der Waals surface area (Å²) in [6.07, 6.45) is -5.14. The second kappa shape index (κ2) is 6.91. The molecule has 0 aliphatic heterocycles. The first kappa shape index (κ1) is 16.0. The zero-order valence-electron chi connectivity index (χ0n) is 11.2. The summed E-state index contributed by atoms with van der Waals surface area (Å²) in [5, 5.41) is 10.0.